The molecular formula is C16H20N2. The van der Waals surface area contributed by atoms with Crippen molar-refractivity contribution < 1.29 is 0 Å². The van der Waals surface area contributed by atoms with Gasteiger partial charge in [0.15, 0.2) is 0 Å². The third-order valence-electron chi connectivity index (χ3n) is 3.27. The van der Waals surface area contributed by atoms with Crippen LogP contribution in [-0.2, 0) is 0 Å². The van der Waals surface area contributed by atoms with Crippen LogP contribution in [0.1, 0.15) is 23.2 Å². The van der Waals surface area contributed by atoms with Crippen molar-refractivity contribution in [2.45, 2.75) is 12.1 Å². The molecule has 2 aromatic rings. The third-order valence-corrected chi connectivity index (χ3v) is 3.27. The highest BCUT2D eigenvalue weighted by molar-refractivity contribution is 5.27. The van der Waals surface area contributed by atoms with E-state index in [0.29, 0.717) is 0 Å². The zero-order valence-corrected chi connectivity index (χ0v) is 10.9. The molecule has 0 saturated heterocycles. The summed E-state index contributed by atoms with van der Waals surface area (Å²) in [5.41, 5.74) is 2.59. The second-order valence-electron chi connectivity index (χ2n) is 4.35. The molecule has 2 nitrogen and oxygen atoms in total. The maximum atomic E-state index is 3.41. The Kier molecular flexibility index (Phi) is 4.51. The van der Waals surface area contributed by atoms with Crippen LogP contribution >= 0.6 is 0 Å². The summed E-state index contributed by atoms with van der Waals surface area (Å²) >= 11 is 0. The summed E-state index contributed by atoms with van der Waals surface area (Å²) in [6, 6.07) is 21.6. The monoisotopic (exact) mass is 240 g/mol. The van der Waals surface area contributed by atoms with Crippen LogP contribution in [-0.4, -0.2) is 14.1 Å². The van der Waals surface area contributed by atoms with Crippen LogP contribution in [0.15, 0.2) is 60.7 Å². The maximum Gasteiger partial charge on any atom is 0.0515 e. The summed E-state index contributed by atoms with van der Waals surface area (Å²) in [4.78, 5) is 0. The molecule has 0 bridgehead atoms. The number of nitrogens with one attached hydrogen (secondary N) is 2. The van der Waals surface area contributed by atoms with Crippen LogP contribution in [0.2, 0.25) is 0 Å². The number of hydrogen-bond donors (Lipinski definition) is 2. The molecule has 18 heavy (non-hydrogen) atoms. The normalized spacial score (nSPS) is 14.1. The Labute approximate surface area is 109 Å². The van der Waals surface area contributed by atoms with Crippen LogP contribution in [0.3, 0.4) is 0 Å². The van der Waals surface area contributed by atoms with Crippen LogP contribution in [0.25, 0.3) is 0 Å². The zero-order chi connectivity index (χ0) is 12.8. The van der Waals surface area contributed by atoms with Crippen molar-refractivity contribution in [2.75, 3.05) is 14.1 Å². The van der Waals surface area contributed by atoms with Gasteiger partial charge in [-0.05, 0) is 25.2 Å². The third kappa shape index (κ3) is 2.78. The van der Waals surface area contributed by atoms with E-state index in [1.807, 2.05) is 26.2 Å². The lowest BCUT2D eigenvalue weighted by Crippen LogP contribution is -2.31. The average molecular weight is 240 g/mol. The van der Waals surface area contributed by atoms with Gasteiger partial charge < -0.3 is 10.6 Å². The highest BCUT2D eigenvalue weighted by Crippen LogP contribution is 2.27. The Balaban J connectivity index is 2.31. The molecule has 2 rings (SSSR count). The molecule has 0 radical (unpaired) electrons. The lowest BCUT2D eigenvalue weighted by atomic mass is 9.93. The van der Waals surface area contributed by atoms with Gasteiger partial charge in [0.05, 0.1) is 12.1 Å². The van der Waals surface area contributed by atoms with Crippen LogP contribution in [0.4, 0.5) is 0 Å². The molecule has 0 saturated carbocycles. The van der Waals surface area contributed by atoms with Gasteiger partial charge in [0.1, 0.15) is 0 Å². The van der Waals surface area contributed by atoms with Crippen molar-refractivity contribution in [3.8, 4) is 0 Å². The molecule has 0 aromatic heterocycles. The largest absolute Gasteiger partial charge is 0.311 e. The molecular weight excluding hydrogens is 220 g/mol. The van der Waals surface area contributed by atoms with Crippen molar-refractivity contribution in [3.05, 3.63) is 71.8 Å². The van der Waals surface area contributed by atoms with Crippen molar-refractivity contribution >= 4 is 0 Å². The van der Waals surface area contributed by atoms with Crippen LogP contribution in [0.5, 0.6) is 0 Å². The summed E-state index contributed by atoms with van der Waals surface area (Å²) in [5, 5.41) is 6.81. The Morgan fingerprint density at radius 3 is 1.22 bits per heavy atom. The molecule has 0 aliphatic rings. The fourth-order valence-corrected chi connectivity index (χ4v) is 2.37. The van der Waals surface area contributed by atoms with Gasteiger partial charge in [0.25, 0.3) is 0 Å². The van der Waals surface area contributed by atoms with Gasteiger partial charge >= 0.3 is 0 Å². The first-order valence-corrected chi connectivity index (χ1v) is 6.31. The minimum absolute atomic E-state index is 0.263. The molecule has 94 valence electrons. The van der Waals surface area contributed by atoms with E-state index < -0.39 is 0 Å². The van der Waals surface area contributed by atoms with E-state index in [4.69, 9.17) is 0 Å². The van der Waals surface area contributed by atoms with Gasteiger partial charge in [-0.2, -0.15) is 0 Å². The Bertz CT molecular complexity index is 408. The van der Waals surface area contributed by atoms with Crippen molar-refractivity contribution in [1.82, 2.24) is 10.6 Å². The minimum Gasteiger partial charge on any atom is -0.311 e. The topological polar surface area (TPSA) is 24.1 Å². The summed E-state index contributed by atoms with van der Waals surface area (Å²) in [6.07, 6.45) is 0. The van der Waals surface area contributed by atoms with Gasteiger partial charge in [-0.1, -0.05) is 60.7 Å². The molecule has 0 fully saturated rings. The second kappa shape index (κ2) is 6.34. The maximum absolute atomic E-state index is 3.41. The van der Waals surface area contributed by atoms with Crippen LogP contribution in [0, 0.1) is 0 Å². The average Bonchev–Trinajstić information content (AvgIpc) is 2.46. The van der Waals surface area contributed by atoms with Gasteiger partial charge in [-0.15, -0.1) is 0 Å². The molecule has 2 heteroatoms. The molecule has 0 unspecified atom stereocenters. The lowest BCUT2D eigenvalue weighted by Gasteiger charge is -2.27. The van der Waals surface area contributed by atoms with Gasteiger partial charge in [-0.25, -0.2) is 0 Å². The number of rotatable bonds is 5. The van der Waals surface area contributed by atoms with Crippen LogP contribution < -0.4 is 10.6 Å². The van der Waals surface area contributed by atoms with E-state index in [1.54, 1.807) is 0 Å². The lowest BCUT2D eigenvalue weighted by molar-refractivity contribution is 0.432. The highest BCUT2D eigenvalue weighted by atomic mass is 15.0. The molecule has 2 N–H and O–H groups in total. The van der Waals surface area contributed by atoms with E-state index in [0.717, 1.165) is 0 Å². The van der Waals surface area contributed by atoms with E-state index in [2.05, 4.69) is 59.2 Å². The second-order valence-corrected chi connectivity index (χ2v) is 4.35. The Morgan fingerprint density at radius 1 is 0.611 bits per heavy atom. The molecule has 0 aliphatic heterocycles. The van der Waals surface area contributed by atoms with E-state index in [-0.39, 0.29) is 12.1 Å². The molecule has 2 atom stereocenters. The fourth-order valence-electron chi connectivity index (χ4n) is 2.37. The Hall–Kier alpha value is -1.64. The molecule has 0 aliphatic carbocycles. The van der Waals surface area contributed by atoms with E-state index >= 15 is 0 Å². The number of hydrogen-bond acceptors (Lipinski definition) is 2. The number of benzene rings is 2. The summed E-state index contributed by atoms with van der Waals surface area (Å²) in [6.45, 7) is 0. The molecule has 0 heterocycles. The minimum atomic E-state index is 0.263. The predicted octanol–water partition coefficient (Wildman–Crippen LogP) is 2.91. The van der Waals surface area contributed by atoms with Crippen molar-refractivity contribution in [3.63, 3.8) is 0 Å². The SMILES string of the molecule is CN[C@H](c1ccccc1)[C@H](NC)c1ccccc1. The quantitative estimate of drug-likeness (QED) is 0.839. The summed E-state index contributed by atoms with van der Waals surface area (Å²) < 4.78 is 0. The van der Waals surface area contributed by atoms with E-state index in [1.165, 1.54) is 11.1 Å². The Morgan fingerprint density at radius 2 is 0.944 bits per heavy atom. The number of likely N-dealkylation sites (N-methyl/N-ethyl adjacent to an activating group) is 2. The summed E-state index contributed by atoms with van der Waals surface area (Å²) in [7, 11) is 4.01. The first-order valence-electron chi connectivity index (χ1n) is 6.31. The summed E-state index contributed by atoms with van der Waals surface area (Å²) in [5.74, 6) is 0. The molecule has 2 aromatic carbocycles. The first-order chi connectivity index (χ1) is 8.86. The van der Waals surface area contributed by atoms with Crippen molar-refractivity contribution in [1.29, 1.82) is 0 Å². The first kappa shape index (κ1) is 12.8. The molecule has 0 amide bonds. The van der Waals surface area contributed by atoms with Crippen molar-refractivity contribution in [2.24, 2.45) is 0 Å². The standard InChI is InChI=1S/C16H20N2/c1-17-15(13-9-5-3-6-10-13)16(18-2)14-11-7-4-8-12-14/h3-12,15-18H,1-2H3/t15-,16-/m1/s1. The fraction of sp³-hybridized carbons (Fsp3) is 0.250. The van der Waals surface area contributed by atoms with Gasteiger partial charge in [0.2, 0.25) is 0 Å². The van der Waals surface area contributed by atoms with Gasteiger partial charge in [0, 0.05) is 0 Å². The highest BCUT2D eigenvalue weighted by Gasteiger charge is 2.21. The van der Waals surface area contributed by atoms with Gasteiger partial charge in [-0.3, -0.25) is 0 Å². The van der Waals surface area contributed by atoms with E-state index in [9.17, 15) is 0 Å². The zero-order valence-electron chi connectivity index (χ0n) is 10.9. The predicted molar refractivity (Wildman–Crippen MR) is 76.5 cm³/mol. The smallest absolute Gasteiger partial charge is 0.0515 e. The molecule has 0 spiro atoms.